The topological polar surface area (TPSA) is 75.9 Å². The zero-order chi connectivity index (χ0) is 16.8. The number of amides is 1. The highest BCUT2D eigenvalue weighted by atomic mass is 16.2. The highest BCUT2D eigenvalue weighted by molar-refractivity contribution is 5.86. The molecule has 0 saturated carbocycles. The molecule has 1 amide bonds. The Kier molecular flexibility index (Phi) is 3.74. The molecule has 23 heavy (non-hydrogen) atoms. The molecule has 0 unspecified atom stereocenters. The first-order valence-electron chi connectivity index (χ1n) is 7.97. The van der Waals surface area contributed by atoms with Crippen molar-refractivity contribution >= 4 is 22.8 Å². The Morgan fingerprint density at radius 2 is 2.04 bits per heavy atom. The molecule has 0 aliphatic carbocycles. The largest absolute Gasteiger partial charge is 0.367 e. The van der Waals surface area contributed by atoms with Crippen LogP contribution in [0.4, 0.5) is 5.82 Å². The molecule has 1 aliphatic heterocycles. The number of likely N-dealkylation sites (tertiary alicyclic amines) is 1. The molecule has 3 rings (SSSR count). The Labute approximate surface area is 136 Å². The molecule has 2 aromatic rings. The van der Waals surface area contributed by atoms with E-state index in [0.717, 1.165) is 29.1 Å². The van der Waals surface area contributed by atoms with Crippen molar-refractivity contribution in [3.05, 3.63) is 12.0 Å². The van der Waals surface area contributed by atoms with Crippen molar-refractivity contribution in [3.63, 3.8) is 0 Å². The summed E-state index contributed by atoms with van der Waals surface area (Å²) in [6.45, 7) is 6.97. The minimum absolute atomic E-state index is 0.144. The number of nitrogens with zero attached hydrogens (tertiary/aromatic N) is 5. The van der Waals surface area contributed by atoms with Crippen LogP contribution < -0.4 is 5.32 Å². The van der Waals surface area contributed by atoms with E-state index in [1.165, 1.54) is 0 Å². The van der Waals surface area contributed by atoms with E-state index < -0.39 is 0 Å². The first kappa shape index (κ1) is 15.7. The van der Waals surface area contributed by atoms with Crippen LogP contribution in [0.1, 0.15) is 39.4 Å². The first-order chi connectivity index (χ1) is 10.8. The van der Waals surface area contributed by atoms with E-state index in [0.29, 0.717) is 13.0 Å². The molecule has 0 aromatic carbocycles. The van der Waals surface area contributed by atoms with Crippen LogP contribution in [0.5, 0.6) is 0 Å². The zero-order valence-corrected chi connectivity index (χ0v) is 14.4. The number of hydrogen-bond acceptors (Lipinski definition) is 5. The van der Waals surface area contributed by atoms with Crippen molar-refractivity contribution in [1.29, 1.82) is 0 Å². The maximum absolute atomic E-state index is 11.7. The molecule has 3 heterocycles. The van der Waals surface area contributed by atoms with Crippen LogP contribution in [0.25, 0.3) is 11.0 Å². The molecule has 2 aromatic heterocycles. The molecule has 1 saturated heterocycles. The summed E-state index contributed by atoms with van der Waals surface area (Å²) >= 11 is 0. The van der Waals surface area contributed by atoms with E-state index in [4.69, 9.17) is 4.98 Å². The zero-order valence-electron chi connectivity index (χ0n) is 14.4. The highest BCUT2D eigenvalue weighted by Gasteiger charge is 2.28. The van der Waals surface area contributed by atoms with Gasteiger partial charge in [0.15, 0.2) is 5.65 Å². The van der Waals surface area contributed by atoms with Gasteiger partial charge in [-0.2, -0.15) is 5.10 Å². The van der Waals surface area contributed by atoms with Gasteiger partial charge in [0, 0.05) is 38.5 Å². The van der Waals surface area contributed by atoms with Gasteiger partial charge < -0.3 is 10.2 Å². The summed E-state index contributed by atoms with van der Waals surface area (Å²) in [5.41, 5.74) is 0.679. The number of aryl methyl sites for hydroxylation is 1. The van der Waals surface area contributed by atoms with Gasteiger partial charge in [-0.05, 0) is 6.42 Å². The predicted octanol–water partition coefficient (Wildman–Crippen LogP) is 1.69. The predicted molar refractivity (Wildman–Crippen MR) is 89.3 cm³/mol. The van der Waals surface area contributed by atoms with Crippen molar-refractivity contribution < 1.29 is 4.79 Å². The molecule has 1 fully saturated rings. The molecule has 1 N–H and O–H groups in total. The average molecular weight is 316 g/mol. The van der Waals surface area contributed by atoms with E-state index >= 15 is 0 Å². The number of nitrogens with one attached hydrogen (secondary N) is 1. The summed E-state index contributed by atoms with van der Waals surface area (Å²) in [5, 5.41) is 8.61. The molecule has 1 atom stereocenters. The van der Waals surface area contributed by atoms with Gasteiger partial charge in [-0.25, -0.2) is 9.97 Å². The van der Waals surface area contributed by atoms with Gasteiger partial charge in [0.2, 0.25) is 5.91 Å². The van der Waals surface area contributed by atoms with Gasteiger partial charge in [0.05, 0.1) is 11.6 Å². The standard InChI is InChI=1S/C16H24N6O/c1-16(2,3)15-19-13(11-9-18-22(5)14(11)20-15)17-8-10-6-7-12(23)21(10)4/h9-10H,6-8H2,1-5H3,(H,17,19,20)/t10-/m1/s1. The molecule has 124 valence electrons. The smallest absolute Gasteiger partial charge is 0.222 e. The molecule has 0 spiro atoms. The number of aromatic nitrogens is 4. The summed E-state index contributed by atoms with van der Waals surface area (Å²) in [5.74, 6) is 1.79. The van der Waals surface area contributed by atoms with Crippen molar-refractivity contribution in [3.8, 4) is 0 Å². The van der Waals surface area contributed by atoms with E-state index in [1.807, 2.05) is 19.0 Å². The van der Waals surface area contributed by atoms with Gasteiger partial charge in [0.25, 0.3) is 0 Å². The molecule has 7 heteroatoms. The van der Waals surface area contributed by atoms with Crippen LogP contribution in [0.3, 0.4) is 0 Å². The van der Waals surface area contributed by atoms with Crippen molar-refractivity contribution in [2.45, 2.75) is 45.1 Å². The van der Waals surface area contributed by atoms with E-state index in [9.17, 15) is 4.79 Å². The number of hydrogen-bond donors (Lipinski definition) is 1. The minimum atomic E-state index is -0.144. The van der Waals surface area contributed by atoms with Gasteiger partial charge in [-0.3, -0.25) is 9.48 Å². The number of carbonyl (C=O) groups excluding carboxylic acids is 1. The second kappa shape index (κ2) is 5.47. The fourth-order valence-corrected chi connectivity index (χ4v) is 2.81. The Hall–Kier alpha value is -2.18. The Balaban J connectivity index is 1.91. The van der Waals surface area contributed by atoms with Crippen LogP contribution in [0.15, 0.2) is 6.20 Å². The number of likely N-dealkylation sites (N-methyl/N-ethyl adjacent to an activating group) is 1. The third-order valence-corrected chi connectivity index (χ3v) is 4.40. The Morgan fingerprint density at radius 1 is 1.30 bits per heavy atom. The Bertz CT molecular complexity index is 745. The van der Waals surface area contributed by atoms with E-state index in [2.05, 4.69) is 36.2 Å². The molecule has 0 radical (unpaired) electrons. The van der Waals surface area contributed by atoms with Crippen LogP contribution in [-0.4, -0.2) is 50.2 Å². The maximum atomic E-state index is 11.7. The SMILES string of the molecule is CN1C(=O)CC[C@@H]1CNc1nc(C(C)(C)C)nc2c1cnn2C. The molecule has 7 nitrogen and oxygen atoms in total. The number of rotatable bonds is 3. The maximum Gasteiger partial charge on any atom is 0.222 e. The van der Waals surface area contributed by atoms with Crippen LogP contribution >= 0.6 is 0 Å². The third kappa shape index (κ3) is 2.87. The van der Waals surface area contributed by atoms with E-state index in [1.54, 1.807) is 10.9 Å². The van der Waals surface area contributed by atoms with Gasteiger partial charge in [-0.1, -0.05) is 20.8 Å². The number of anilines is 1. The second-order valence-corrected chi connectivity index (χ2v) is 7.23. The summed E-state index contributed by atoms with van der Waals surface area (Å²) in [4.78, 5) is 22.8. The second-order valence-electron chi connectivity index (χ2n) is 7.23. The van der Waals surface area contributed by atoms with Gasteiger partial charge >= 0.3 is 0 Å². The fourth-order valence-electron chi connectivity index (χ4n) is 2.81. The van der Waals surface area contributed by atoms with Crippen molar-refractivity contribution in [1.82, 2.24) is 24.6 Å². The molecular weight excluding hydrogens is 292 g/mol. The normalized spacial score (nSPS) is 18.9. The molecular formula is C16H24N6O. The van der Waals surface area contributed by atoms with Crippen molar-refractivity contribution in [2.24, 2.45) is 7.05 Å². The summed E-state index contributed by atoms with van der Waals surface area (Å²) in [7, 11) is 3.75. The Morgan fingerprint density at radius 3 is 2.65 bits per heavy atom. The summed E-state index contributed by atoms with van der Waals surface area (Å²) in [6, 6.07) is 0.210. The summed E-state index contributed by atoms with van der Waals surface area (Å²) in [6.07, 6.45) is 3.30. The van der Waals surface area contributed by atoms with Crippen LogP contribution in [0, 0.1) is 0 Å². The fraction of sp³-hybridized carbons (Fsp3) is 0.625. The monoisotopic (exact) mass is 316 g/mol. The quantitative estimate of drug-likeness (QED) is 0.932. The van der Waals surface area contributed by atoms with E-state index in [-0.39, 0.29) is 17.4 Å². The first-order valence-corrected chi connectivity index (χ1v) is 7.97. The lowest BCUT2D eigenvalue weighted by atomic mass is 9.95. The average Bonchev–Trinajstić information content (AvgIpc) is 3.01. The van der Waals surface area contributed by atoms with Crippen molar-refractivity contribution in [2.75, 3.05) is 18.9 Å². The van der Waals surface area contributed by atoms with Crippen LogP contribution in [0.2, 0.25) is 0 Å². The highest BCUT2D eigenvalue weighted by Crippen LogP contribution is 2.26. The lowest BCUT2D eigenvalue weighted by Crippen LogP contribution is -2.34. The summed E-state index contributed by atoms with van der Waals surface area (Å²) < 4.78 is 1.77. The lowest BCUT2D eigenvalue weighted by molar-refractivity contribution is -0.127. The number of carbonyl (C=O) groups is 1. The van der Waals surface area contributed by atoms with Gasteiger partial charge in [0.1, 0.15) is 11.6 Å². The lowest BCUT2D eigenvalue weighted by Gasteiger charge is -2.22. The molecule has 0 bridgehead atoms. The minimum Gasteiger partial charge on any atom is -0.367 e. The number of fused-ring (bicyclic) bond motifs is 1. The van der Waals surface area contributed by atoms with Crippen LogP contribution in [-0.2, 0) is 17.3 Å². The molecule has 1 aliphatic rings. The third-order valence-electron chi connectivity index (χ3n) is 4.40. The van der Waals surface area contributed by atoms with Gasteiger partial charge in [-0.15, -0.1) is 0 Å².